The second-order valence-corrected chi connectivity index (χ2v) is 4.91. The summed E-state index contributed by atoms with van der Waals surface area (Å²) in [6.07, 6.45) is 0. The van der Waals surface area contributed by atoms with Crippen LogP contribution in [0.2, 0.25) is 0 Å². The van der Waals surface area contributed by atoms with Gasteiger partial charge in [0.05, 0.1) is 21.3 Å². The van der Waals surface area contributed by atoms with Crippen LogP contribution in [0, 0.1) is 0 Å². The fourth-order valence-corrected chi connectivity index (χ4v) is 2.09. The Morgan fingerprint density at radius 3 is 2.08 bits per heavy atom. The molecule has 0 aliphatic rings. The minimum atomic E-state index is -0.237. The summed E-state index contributed by atoms with van der Waals surface area (Å²) in [5, 5.41) is 2.80. The molecule has 6 nitrogen and oxygen atoms in total. The van der Waals surface area contributed by atoms with Crippen LogP contribution in [0.5, 0.6) is 23.0 Å². The standard InChI is InChI=1S/C18H21NO5/c1-21-14-9-7-13(8-10-14)11-19-17(20)12-24-18-15(22-2)5-4-6-16(18)23-3/h4-10H,11-12H2,1-3H3,(H,19,20). The van der Waals surface area contributed by atoms with Crippen molar-refractivity contribution in [3.63, 3.8) is 0 Å². The Labute approximate surface area is 141 Å². The molecule has 0 fully saturated rings. The lowest BCUT2D eigenvalue weighted by molar-refractivity contribution is -0.123. The maximum Gasteiger partial charge on any atom is 0.258 e. The molecule has 0 aliphatic carbocycles. The zero-order valence-corrected chi connectivity index (χ0v) is 14.0. The van der Waals surface area contributed by atoms with Crippen LogP contribution in [0.25, 0.3) is 0 Å². The maximum atomic E-state index is 12.0. The van der Waals surface area contributed by atoms with E-state index < -0.39 is 0 Å². The number of ether oxygens (including phenoxy) is 4. The first-order valence-electron chi connectivity index (χ1n) is 7.41. The van der Waals surface area contributed by atoms with Crippen molar-refractivity contribution >= 4 is 5.91 Å². The first kappa shape index (κ1) is 17.5. The summed E-state index contributed by atoms with van der Waals surface area (Å²) >= 11 is 0. The van der Waals surface area contributed by atoms with Gasteiger partial charge in [-0.25, -0.2) is 0 Å². The second kappa shape index (κ2) is 8.67. The second-order valence-electron chi connectivity index (χ2n) is 4.91. The largest absolute Gasteiger partial charge is 0.497 e. The summed E-state index contributed by atoms with van der Waals surface area (Å²) in [5.74, 6) is 1.96. The van der Waals surface area contributed by atoms with Gasteiger partial charge in [0.2, 0.25) is 5.75 Å². The van der Waals surface area contributed by atoms with Crippen LogP contribution in [0.4, 0.5) is 0 Å². The first-order chi connectivity index (χ1) is 11.7. The van der Waals surface area contributed by atoms with Gasteiger partial charge in [-0.1, -0.05) is 18.2 Å². The molecule has 0 saturated carbocycles. The molecule has 0 heterocycles. The van der Waals surface area contributed by atoms with Gasteiger partial charge in [0.15, 0.2) is 18.1 Å². The molecule has 128 valence electrons. The Kier molecular flexibility index (Phi) is 6.31. The molecule has 2 aromatic carbocycles. The fourth-order valence-electron chi connectivity index (χ4n) is 2.09. The van der Waals surface area contributed by atoms with Crippen molar-refractivity contribution in [2.45, 2.75) is 6.54 Å². The minimum Gasteiger partial charge on any atom is -0.497 e. The molecule has 0 aromatic heterocycles. The minimum absolute atomic E-state index is 0.132. The van der Waals surface area contributed by atoms with Crippen LogP contribution in [0.3, 0.4) is 0 Å². The highest BCUT2D eigenvalue weighted by Gasteiger charge is 2.13. The van der Waals surface area contributed by atoms with Gasteiger partial charge in [-0.2, -0.15) is 0 Å². The smallest absolute Gasteiger partial charge is 0.258 e. The van der Waals surface area contributed by atoms with Gasteiger partial charge in [0, 0.05) is 6.54 Å². The summed E-state index contributed by atoms with van der Waals surface area (Å²) < 4.78 is 21.1. The number of benzene rings is 2. The number of carbonyl (C=O) groups is 1. The highest BCUT2D eigenvalue weighted by molar-refractivity contribution is 5.77. The van der Waals surface area contributed by atoms with E-state index in [9.17, 15) is 4.79 Å². The van der Waals surface area contributed by atoms with Gasteiger partial charge in [0.25, 0.3) is 5.91 Å². The third-order valence-electron chi connectivity index (χ3n) is 3.38. The summed E-state index contributed by atoms with van der Waals surface area (Å²) in [4.78, 5) is 12.0. The molecule has 6 heteroatoms. The zero-order chi connectivity index (χ0) is 17.4. The average molecular weight is 331 g/mol. The van der Waals surface area contributed by atoms with Crippen molar-refractivity contribution in [2.75, 3.05) is 27.9 Å². The SMILES string of the molecule is COc1ccc(CNC(=O)COc2c(OC)cccc2OC)cc1. The third kappa shape index (κ3) is 4.55. The molecule has 2 rings (SSSR count). The fraction of sp³-hybridized carbons (Fsp3) is 0.278. The number of hydrogen-bond donors (Lipinski definition) is 1. The predicted molar refractivity (Wildman–Crippen MR) is 89.9 cm³/mol. The predicted octanol–water partition coefficient (Wildman–Crippen LogP) is 2.41. The quantitative estimate of drug-likeness (QED) is 0.805. The van der Waals surface area contributed by atoms with E-state index in [1.165, 1.54) is 14.2 Å². The van der Waals surface area contributed by atoms with Gasteiger partial charge < -0.3 is 24.3 Å². The van der Waals surface area contributed by atoms with E-state index in [-0.39, 0.29) is 12.5 Å². The molecule has 0 atom stereocenters. The molecule has 0 saturated heterocycles. The normalized spacial score (nSPS) is 9.96. The van der Waals surface area contributed by atoms with Gasteiger partial charge in [0.1, 0.15) is 5.75 Å². The Balaban J connectivity index is 1.89. The molecule has 2 aromatic rings. The van der Waals surface area contributed by atoms with Crippen molar-refractivity contribution in [3.05, 3.63) is 48.0 Å². The van der Waals surface area contributed by atoms with E-state index in [0.29, 0.717) is 23.8 Å². The van der Waals surface area contributed by atoms with Crippen molar-refractivity contribution in [3.8, 4) is 23.0 Å². The van der Waals surface area contributed by atoms with E-state index in [0.717, 1.165) is 11.3 Å². The zero-order valence-electron chi connectivity index (χ0n) is 14.0. The van der Waals surface area contributed by atoms with Crippen molar-refractivity contribution in [1.29, 1.82) is 0 Å². The molecule has 0 unspecified atom stereocenters. The number of methoxy groups -OCH3 is 3. The third-order valence-corrected chi connectivity index (χ3v) is 3.38. The molecule has 0 aliphatic heterocycles. The van der Waals surface area contributed by atoms with Crippen LogP contribution < -0.4 is 24.3 Å². The van der Waals surface area contributed by atoms with Gasteiger partial charge in [-0.3, -0.25) is 4.79 Å². The van der Waals surface area contributed by atoms with Crippen LogP contribution in [-0.4, -0.2) is 33.8 Å². The van der Waals surface area contributed by atoms with E-state index in [1.807, 2.05) is 24.3 Å². The van der Waals surface area contributed by atoms with E-state index >= 15 is 0 Å². The molecular weight excluding hydrogens is 310 g/mol. The summed E-state index contributed by atoms with van der Waals surface area (Å²) in [7, 11) is 4.68. The van der Waals surface area contributed by atoms with Crippen molar-refractivity contribution in [1.82, 2.24) is 5.32 Å². The lowest BCUT2D eigenvalue weighted by Crippen LogP contribution is -2.28. The number of hydrogen-bond acceptors (Lipinski definition) is 5. The number of rotatable bonds is 8. The van der Waals surface area contributed by atoms with E-state index in [1.54, 1.807) is 25.3 Å². The van der Waals surface area contributed by atoms with Crippen LogP contribution in [-0.2, 0) is 11.3 Å². The average Bonchev–Trinajstić information content (AvgIpc) is 2.64. The summed E-state index contributed by atoms with van der Waals surface area (Å²) in [5.41, 5.74) is 0.971. The number of para-hydroxylation sites is 1. The molecule has 24 heavy (non-hydrogen) atoms. The molecule has 0 bridgehead atoms. The summed E-state index contributed by atoms with van der Waals surface area (Å²) in [6, 6.07) is 12.7. The van der Waals surface area contributed by atoms with Crippen LogP contribution in [0.15, 0.2) is 42.5 Å². The van der Waals surface area contributed by atoms with Crippen LogP contribution >= 0.6 is 0 Å². The lowest BCUT2D eigenvalue weighted by Gasteiger charge is -2.14. The highest BCUT2D eigenvalue weighted by Crippen LogP contribution is 2.36. The molecular formula is C18H21NO5. The molecule has 1 amide bonds. The first-order valence-corrected chi connectivity index (χ1v) is 7.41. The topological polar surface area (TPSA) is 66.0 Å². The number of amides is 1. The Hall–Kier alpha value is -2.89. The van der Waals surface area contributed by atoms with Gasteiger partial charge in [-0.15, -0.1) is 0 Å². The Bertz CT molecular complexity index is 647. The number of carbonyl (C=O) groups excluding carboxylic acids is 1. The Morgan fingerprint density at radius 2 is 1.54 bits per heavy atom. The molecule has 1 N–H and O–H groups in total. The molecule has 0 radical (unpaired) electrons. The van der Waals surface area contributed by atoms with E-state index in [2.05, 4.69) is 5.32 Å². The van der Waals surface area contributed by atoms with E-state index in [4.69, 9.17) is 18.9 Å². The van der Waals surface area contributed by atoms with Gasteiger partial charge in [-0.05, 0) is 29.8 Å². The van der Waals surface area contributed by atoms with Crippen LogP contribution in [0.1, 0.15) is 5.56 Å². The van der Waals surface area contributed by atoms with Crippen molar-refractivity contribution in [2.24, 2.45) is 0 Å². The van der Waals surface area contributed by atoms with Crippen molar-refractivity contribution < 1.29 is 23.7 Å². The molecule has 0 spiro atoms. The summed E-state index contributed by atoms with van der Waals surface area (Å²) in [6.45, 7) is 0.280. The van der Waals surface area contributed by atoms with Gasteiger partial charge >= 0.3 is 0 Å². The highest BCUT2D eigenvalue weighted by atomic mass is 16.5. The lowest BCUT2D eigenvalue weighted by atomic mass is 10.2. The maximum absolute atomic E-state index is 12.0. The monoisotopic (exact) mass is 331 g/mol. The Morgan fingerprint density at radius 1 is 0.917 bits per heavy atom. The number of nitrogens with one attached hydrogen (secondary N) is 1.